The number of nitrogens with zero attached hydrogens (tertiary/aromatic N) is 1. The first-order valence-electron chi connectivity index (χ1n) is 8.07. The zero-order valence-electron chi connectivity index (χ0n) is 13.0. The van der Waals surface area contributed by atoms with E-state index in [0.717, 1.165) is 6.42 Å². The first kappa shape index (κ1) is 13.8. The Morgan fingerprint density at radius 3 is 2.21 bits per heavy atom. The number of allylic oxidation sites excluding steroid dienone is 2. The number of fused-ring (bicyclic) bond motifs is 6. The highest BCUT2D eigenvalue weighted by Crippen LogP contribution is 2.54. The van der Waals surface area contributed by atoms with Gasteiger partial charge in [0.05, 0.1) is 17.5 Å². The number of hydrogen-bond donors (Lipinski definition) is 0. The van der Waals surface area contributed by atoms with Gasteiger partial charge >= 0.3 is 0 Å². The van der Waals surface area contributed by atoms with Crippen molar-refractivity contribution in [2.45, 2.75) is 13.3 Å². The summed E-state index contributed by atoms with van der Waals surface area (Å²) in [6.45, 7) is 1.48. The van der Waals surface area contributed by atoms with Gasteiger partial charge < -0.3 is 9.47 Å². The van der Waals surface area contributed by atoms with Crippen molar-refractivity contribution in [2.24, 2.45) is 23.7 Å². The number of carbonyl (C=O) groups excluding carboxylic acids is 3. The van der Waals surface area contributed by atoms with Gasteiger partial charge in [0.15, 0.2) is 17.3 Å². The summed E-state index contributed by atoms with van der Waals surface area (Å²) < 4.78 is 10.7. The lowest BCUT2D eigenvalue weighted by molar-refractivity contribution is -0.123. The Morgan fingerprint density at radius 2 is 1.62 bits per heavy atom. The molecule has 4 unspecified atom stereocenters. The lowest BCUT2D eigenvalue weighted by atomic mass is 9.85. The Labute approximate surface area is 138 Å². The summed E-state index contributed by atoms with van der Waals surface area (Å²) >= 11 is 0. The number of anilines is 1. The van der Waals surface area contributed by atoms with E-state index in [1.165, 1.54) is 11.8 Å². The summed E-state index contributed by atoms with van der Waals surface area (Å²) in [5.74, 6) is -0.0323. The Morgan fingerprint density at radius 1 is 1.04 bits per heavy atom. The highest BCUT2D eigenvalue weighted by molar-refractivity contribution is 6.25. The van der Waals surface area contributed by atoms with E-state index in [0.29, 0.717) is 22.7 Å². The molecule has 6 nitrogen and oxygen atoms in total. The van der Waals surface area contributed by atoms with E-state index < -0.39 is 0 Å². The summed E-state index contributed by atoms with van der Waals surface area (Å²) in [6.07, 6.45) is 4.97. The van der Waals surface area contributed by atoms with Gasteiger partial charge in [-0.05, 0) is 31.2 Å². The van der Waals surface area contributed by atoms with Gasteiger partial charge in [0.1, 0.15) is 0 Å². The maximum atomic E-state index is 13.0. The number of imide groups is 1. The molecule has 1 saturated heterocycles. The largest absolute Gasteiger partial charge is 0.454 e. The van der Waals surface area contributed by atoms with Crippen molar-refractivity contribution < 1.29 is 23.9 Å². The Balaban J connectivity index is 1.64. The van der Waals surface area contributed by atoms with Crippen LogP contribution in [-0.4, -0.2) is 24.4 Å². The third-order valence-electron chi connectivity index (χ3n) is 5.58. The van der Waals surface area contributed by atoms with E-state index in [4.69, 9.17) is 9.47 Å². The SMILES string of the molecule is CC(=O)c1cc2c(cc1N1C(=O)C3C4C=CC(C4)C3C1=O)OCO2. The van der Waals surface area contributed by atoms with Crippen LogP contribution in [0.15, 0.2) is 24.3 Å². The molecule has 2 aliphatic heterocycles. The van der Waals surface area contributed by atoms with Gasteiger partial charge in [-0.1, -0.05) is 12.2 Å². The molecule has 4 atom stereocenters. The van der Waals surface area contributed by atoms with E-state index >= 15 is 0 Å². The van der Waals surface area contributed by atoms with E-state index in [1.54, 1.807) is 12.1 Å². The van der Waals surface area contributed by atoms with Crippen molar-refractivity contribution in [3.05, 3.63) is 29.8 Å². The van der Waals surface area contributed by atoms with Crippen LogP contribution in [0.25, 0.3) is 0 Å². The molecule has 6 heteroatoms. The molecule has 24 heavy (non-hydrogen) atoms. The van der Waals surface area contributed by atoms with Crippen molar-refractivity contribution in [3.8, 4) is 11.5 Å². The molecule has 0 spiro atoms. The third-order valence-corrected chi connectivity index (χ3v) is 5.58. The number of rotatable bonds is 2. The maximum Gasteiger partial charge on any atom is 0.238 e. The van der Waals surface area contributed by atoms with Crippen LogP contribution in [-0.2, 0) is 9.59 Å². The fourth-order valence-corrected chi connectivity index (χ4v) is 4.54. The highest BCUT2D eigenvalue weighted by atomic mass is 16.7. The van der Waals surface area contributed by atoms with E-state index in [2.05, 4.69) is 0 Å². The molecule has 0 aromatic heterocycles. The molecule has 2 amide bonds. The van der Waals surface area contributed by atoms with Crippen LogP contribution in [0.1, 0.15) is 23.7 Å². The second-order valence-electron chi connectivity index (χ2n) is 6.79. The van der Waals surface area contributed by atoms with Gasteiger partial charge in [-0.25, -0.2) is 4.90 Å². The van der Waals surface area contributed by atoms with Crippen LogP contribution in [0.5, 0.6) is 11.5 Å². The minimum absolute atomic E-state index is 0.0668. The van der Waals surface area contributed by atoms with Crippen LogP contribution in [0.2, 0.25) is 0 Å². The lowest BCUT2D eigenvalue weighted by Crippen LogP contribution is -2.34. The van der Waals surface area contributed by atoms with Crippen molar-refractivity contribution in [1.29, 1.82) is 0 Å². The van der Waals surface area contributed by atoms with E-state index in [9.17, 15) is 14.4 Å². The monoisotopic (exact) mass is 325 g/mol. The van der Waals surface area contributed by atoms with Crippen molar-refractivity contribution in [3.63, 3.8) is 0 Å². The molecule has 122 valence electrons. The first-order chi connectivity index (χ1) is 11.6. The quantitative estimate of drug-likeness (QED) is 0.472. The van der Waals surface area contributed by atoms with Gasteiger partial charge in [0.2, 0.25) is 18.6 Å². The summed E-state index contributed by atoms with van der Waals surface area (Å²) in [6, 6.07) is 3.13. The number of Topliss-reactive ketones (excluding diaryl/α,β-unsaturated/α-hetero) is 1. The standard InChI is InChI=1S/C18H15NO5/c1-8(20)11-5-13-14(24-7-23-13)6-12(11)19-17(21)15-9-2-3-10(4-9)16(15)18(19)22/h2-3,5-6,9-10,15-16H,4,7H2,1H3. The van der Waals surface area contributed by atoms with Crippen LogP contribution >= 0.6 is 0 Å². The zero-order valence-corrected chi connectivity index (χ0v) is 13.0. The molecule has 5 rings (SSSR count). The number of ether oxygens (including phenoxy) is 2. The molecule has 2 bridgehead atoms. The van der Waals surface area contributed by atoms with Gasteiger partial charge in [-0.2, -0.15) is 0 Å². The first-order valence-corrected chi connectivity index (χ1v) is 8.07. The topological polar surface area (TPSA) is 72.9 Å². The molecule has 1 aromatic rings. The van der Waals surface area contributed by atoms with E-state index in [-0.39, 0.29) is 48.1 Å². The Bertz CT molecular complexity index is 812. The van der Waals surface area contributed by atoms with Crippen LogP contribution in [0.4, 0.5) is 5.69 Å². The summed E-state index contributed by atoms with van der Waals surface area (Å²) in [4.78, 5) is 39.2. The second-order valence-corrected chi connectivity index (χ2v) is 6.79. The van der Waals surface area contributed by atoms with Crippen LogP contribution in [0, 0.1) is 23.7 Å². The number of hydrogen-bond acceptors (Lipinski definition) is 5. The molecular weight excluding hydrogens is 310 g/mol. The Kier molecular flexibility index (Phi) is 2.56. The van der Waals surface area contributed by atoms with Gasteiger partial charge in [-0.3, -0.25) is 14.4 Å². The van der Waals surface area contributed by atoms with Crippen LogP contribution in [0.3, 0.4) is 0 Å². The average Bonchev–Trinajstić information content (AvgIpc) is 3.30. The zero-order chi connectivity index (χ0) is 16.6. The molecular formula is C18H15NO5. The maximum absolute atomic E-state index is 13.0. The minimum Gasteiger partial charge on any atom is -0.454 e. The predicted octanol–water partition coefficient (Wildman–Crippen LogP) is 1.93. The Hall–Kier alpha value is -2.63. The fourth-order valence-electron chi connectivity index (χ4n) is 4.54. The molecule has 4 aliphatic rings. The highest BCUT2D eigenvalue weighted by Gasteiger charge is 2.60. The summed E-state index contributed by atoms with van der Waals surface area (Å²) in [7, 11) is 0. The number of carbonyl (C=O) groups is 3. The van der Waals surface area contributed by atoms with Crippen molar-refractivity contribution >= 4 is 23.3 Å². The minimum atomic E-state index is -0.294. The summed E-state index contributed by atoms with van der Waals surface area (Å²) in [5, 5.41) is 0. The van der Waals surface area contributed by atoms with Gasteiger partial charge in [0.25, 0.3) is 0 Å². The molecule has 0 N–H and O–H groups in total. The smallest absolute Gasteiger partial charge is 0.238 e. The summed E-state index contributed by atoms with van der Waals surface area (Å²) in [5.41, 5.74) is 0.622. The second kappa shape index (κ2) is 4.47. The molecule has 0 radical (unpaired) electrons. The van der Waals surface area contributed by atoms with Crippen molar-refractivity contribution in [2.75, 3.05) is 11.7 Å². The van der Waals surface area contributed by atoms with Gasteiger partial charge in [-0.15, -0.1) is 0 Å². The molecule has 2 heterocycles. The number of ketones is 1. The number of amides is 2. The molecule has 1 aromatic carbocycles. The normalized spacial score (nSPS) is 32.0. The van der Waals surface area contributed by atoms with E-state index in [1.807, 2.05) is 12.2 Å². The molecule has 1 saturated carbocycles. The average molecular weight is 325 g/mol. The van der Waals surface area contributed by atoms with Crippen molar-refractivity contribution in [1.82, 2.24) is 0 Å². The third kappa shape index (κ3) is 1.58. The molecule has 2 fully saturated rings. The van der Waals surface area contributed by atoms with Gasteiger partial charge in [0, 0.05) is 11.6 Å². The number of benzene rings is 1. The predicted molar refractivity (Wildman–Crippen MR) is 82.8 cm³/mol. The van der Waals surface area contributed by atoms with Crippen LogP contribution < -0.4 is 14.4 Å². The fraction of sp³-hybridized carbons (Fsp3) is 0.389. The lowest BCUT2D eigenvalue weighted by Gasteiger charge is -2.20. The molecule has 2 aliphatic carbocycles.